The molecule has 0 unspecified atom stereocenters. The van der Waals surface area contributed by atoms with Gasteiger partial charge in [0.25, 0.3) is 0 Å². The molecule has 96 valence electrons. The average molecular weight is 270 g/mol. The summed E-state index contributed by atoms with van der Waals surface area (Å²) < 4.78 is 0. The van der Waals surface area contributed by atoms with Crippen LogP contribution in [0.5, 0.6) is 0 Å². The molecule has 0 saturated carbocycles. The van der Waals surface area contributed by atoms with E-state index in [0.717, 1.165) is 28.1 Å². The number of hydrogen-bond donors (Lipinski definition) is 1. The Morgan fingerprint density at radius 1 is 1.26 bits per heavy atom. The lowest BCUT2D eigenvalue weighted by Crippen LogP contribution is -1.97. The highest BCUT2D eigenvalue weighted by Crippen LogP contribution is 2.30. The number of fused-ring (bicyclic) bond motifs is 1. The summed E-state index contributed by atoms with van der Waals surface area (Å²) >= 11 is 1.72. The van der Waals surface area contributed by atoms with Gasteiger partial charge in [-0.05, 0) is 24.6 Å². The fourth-order valence-electron chi connectivity index (χ4n) is 1.95. The van der Waals surface area contributed by atoms with Gasteiger partial charge in [0, 0.05) is 18.1 Å². The van der Waals surface area contributed by atoms with Crippen LogP contribution in [0, 0.1) is 0 Å². The van der Waals surface area contributed by atoms with E-state index in [2.05, 4.69) is 33.3 Å². The van der Waals surface area contributed by atoms with E-state index >= 15 is 0 Å². The van der Waals surface area contributed by atoms with Crippen molar-refractivity contribution in [3.05, 3.63) is 35.3 Å². The number of anilines is 1. The molecular weight excluding hydrogens is 256 g/mol. The Labute approximate surface area is 115 Å². The third kappa shape index (κ3) is 2.17. The van der Waals surface area contributed by atoms with Crippen LogP contribution in [0.1, 0.15) is 11.8 Å². The second-order valence-corrected chi connectivity index (χ2v) is 5.26. The predicted octanol–water partition coefficient (Wildman–Crippen LogP) is 3.36. The molecule has 3 aromatic heterocycles. The van der Waals surface area contributed by atoms with Gasteiger partial charge in [-0.15, -0.1) is 11.3 Å². The van der Waals surface area contributed by atoms with Gasteiger partial charge in [-0.2, -0.15) is 0 Å². The lowest BCUT2D eigenvalue weighted by molar-refractivity contribution is 1.17. The van der Waals surface area contributed by atoms with Crippen molar-refractivity contribution in [2.45, 2.75) is 13.3 Å². The number of nitrogens with zero attached hydrogens (tertiary/aromatic N) is 3. The molecule has 0 aliphatic carbocycles. The molecule has 0 fully saturated rings. The normalized spacial score (nSPS) is 10.8. The first-order chi connectivity index (χ1) is 9.31. The Balaban J connectivity index is 2.22. The minimum atomic E-state index is 0.668. The molecule has 4 nitrogen and oxygen atoms in total. The summed E-state index contributed by atoms with van der Waals surface area (Å²) in [5, 5.41) is 4.23. The molecule has 0 aromatic carbocycles. The minimum Gasteiger partial charge on any atom is -0.372 e. The smallest absolute Gasteiger partial charge is 0.181 e. The lowest BCUT2D eigenvalue weighted by atomic mass is 10.3. The summed E-state index contributed by atoms with van der Waals surface area (Å²) in [5.74, 6) is 1.53. The molecule has 0 aliphatic rings. The van der Waals surface area contributed by atoms with Crippen molar-refractivity contribution < 1.29 is 0 Å². The van der Waals surface area contributed by atoms with Gasteiger partial charge in [-0.3, -0.25) is 4.98 Å². The Bertz CT molecular complexity index is 706. The van der Waals surface area contributed by atoms with Gasteiger partial charge in [0.05, 0.1) is 5.39 Å². The third-order valence-corrected chi connectivity index (χ3v) is 4.10. The van der Waals surface area contributed by atoms with E-state index in [1.165, 1.54) is 4.88 Å². The molecule has 0 atom stereocenters. The molecule has 0 spiro atoms. The highest BCUT2D eigenvalue weighted by atomic mass is 32.1. The Hall–Kier alpha value is -2.01. The van der Waals surface area contributed by atoms with Crippen molar-refractivity contribution in [3.63, 3.8) is 0 Å². The maximum atomic E-state index is 4.63. The molecular formula is C14H14N4S. The number of aromatic nitrogens is 3. The van der Waals surface area contributed by atoms with Crippen LogP contribution in [0.2, 0.25) is 0 Å². The summed E-state index contributed by atoms with van der Waals surface area (Å²) in [7, 11) is 1.88. The Morgan fingerprint density at radius 3 is 2.84 bits per heavy atom. The Kier molecular flexibility index (Phi) is 3.13. The van der Waals surface area contributed by atoms with E-state index < -0.39 is 0 Å². The van der Waals surface area contributed by atoms with Crippen molar-refractivity contribution in [1.82, 2.24) is 15.0 Å². The zero-order valence-corrected chi connectivity index (χ0v) is 11.7. The molecule has 3 heterocycles. The molecule has 0 bridgehead atoms. The lowest BCUT2D eigenvalue weighted by Gasteiger charge is -2.04. The van der Waals surface area contributed by atoms with Crippen LogP contribution in [0.25, 0.3) is 21.7 Å². The molecule has 3 aromatic rings. The van der Waals surface area contributed by atoms with Crippen LogP contribution in [0.15, 0.2) is 30.5 Å². The fourth-order valence-corrected chi connectivity index (χ4v) is 2.91. The second kappa shape index (κ2) is 4.93. The number of pyridine rings is 1. The highest BCUT2D eigenvalue weighted by molar-refractivity contribution is 7.18. The molecule has 1 N–H and O–H groups in total. The molecule has 5 heteroatoms. The summed E-state index contributed by atoms with van der Waals surface area (Å²) in [6.07, 6.45) is 2.77. The zero-order valence-electron chi connectivity index (χ0n) is 10.8. The largest absolute Gasteiger partial charge is 0.372 e. The van der Waals surface area contributed by atoms with Crippen molar-refractivity contribution >= 4 is 27.4 Å². The van der Waals surface area contributed by atoms with Crippen LogP contribution in [0.4, 0.5) is 5.82 Å². The van der Waals surface area contributed by atoms with Gasteiger partial charge in [0.2, 0.25) is 0 Å². The van der Waals surface area contributed by atoms with E-state index in [9.17, 15) is 0 Å². The maximum Gasteiger partial charge on any atom is 0.181 e. The van der Waals surface area contributed by atoms with Gasteiger partial charge >= 0.3 is 0 Å². The summed E-state index contributed by atoms with van der Waals surface area (Å²) in [4.78, 5) is 15.8. The molecule has 0 saturated heterocycles. The van der Waals surface area contributed by atoms with Gasteiger partial charge in [0.1, 0.15) is 16.3 Å². The van der Waals surface area contributed by atoms with Crippen molar-refractivity contribution in [2.75, 3.05) is 12.4 Å². The number of nitrogens with one attached hydrogen (secondary N) is 1. The van der Waals surface area contributed by atoms with Gasteiger partial charge in [0.15, 0.2) is 5.82 Å². The molecule has 0 aliphatic heterocycles. The summed E-state index contributed by atoms with van der Waals surface area (Å²) in [5.41, 5.74) is 0.798. The maximum absolute atomic E-state index is 4.63. The highest BCUT2D eigenvalue weighted by Gasteiger charge is 2.12. The van der Waals surface area contributed by atoms with E-state index in [0.29, 0.717) is 5.82 Å². The van der Waals surface area contributed by atoms with Gasteiger partial charge in [-0.1, -0.05) is 13.0 Å². The predicted molar refractivity (Wildman–Crippen MR) is 79.6 cm³/mol. The molecule has 0 radical (unpaired) electrons. The third-order valence-electron chi connectivity index (χ3n) is 2.92. The van der Waals surface area contributed by atoms with Crippen LogP contribution >= 0.6 is 11.3 Å². The Morgan fingerprint density at radius 2 is 2.16 bits per heavy atom. The second-order valence-electron chi connectivity index (χ2n) is 4.15. The summed E-state index contributed by atoms with van der Waals surface area (Å²) in [6, 6.07) is 7.92. The van der Waals surface area contributed by atoms with E-state index in [1.54, 1.807) is 17.5 Å². The molecule has 0 amide bonds. The quantitative estimate of drug-likeness (QED) is 0.793. The molecule has 3 rings (SSSR count). The van der Waals surface area contributed by atoms with Crippen molar-refractivity contribution in [2.24, 2.45) is 0 Å². The van der Waals surface area contributed by atoms with Crippen molar-refractivity contribution in [3.8, 4) is 11.5 Å². The first kappa shape index (κ1) is 12.0. The van der Waals surface area contributed by atoms with Crippen molar-refractivity contribution in [1.29, 1.82) is 0 Å². The first-order valence-electron chi connectivity index (χ1n) is 6.21. The van der Waals surface area contributed by atoms with Gasteiger partial charge < -0.3 is 5.32 Å². The average Bonchev–Trinajstić information content (AvgIpc) is 2.90. The van der Waals surface area contributed by atoms with Crippen LogP contribution < -0.4 is 5.32 Å². The zero-order chi connectivity index (χ0) is 13.2. The van der Waals surface area contributed by atoms with Crippen LogP contribution in [-0.4, -0.2) is 22.0 Å². The molecule has 19 heavy (non-hydrogen) atoms. The number of rotatable bonds is 3. The van der Waals surface area contributed by atoms with Gasteiger partial charge in [-0.25, -0.2) is 9.97 Å². The standard InChI is InChI=1S/C14H14N4S/c1-3-9-8-10-12(15-2)17-13(18-14(10)19-9)11-6-4-5-7-16-11/h4-8H,3H2,1-2H3,(H,15,17,18). The van der Waals surface area contributed by atoms with Crippen LogP contribution in [-0.2, 0) is 6.42 Å². The number of aryl methyl sites for hydroxylation is 1. The minimum absolute atomic E-state index is 0.668. The summed E-state index contributed by atoms with van der Waals surface area (Å²) in [6.45, 7) is 2.15. The number of thiophene rings is 1. The monoisotopic (exact) mass is 270 g/mol. The first-order valence-corrected chi connectivity index (χ1v) is 7.03. The fraction of sp³-hybridized carbons (Fsp3) is 0.214. The SMILES string of the molecule is CCc1cc2c(NC)nc(-c3ccccn3)nc2s1. The van der Waals surface area contributed by atoms with E-state index in [-0.39, 0.29) is 0 Å². The van der Waals surface area contributed by atoms with Crippen LogP contribution in [0.3, 0.4) is 0 Å². The topological polar surface area (TPSA) is 50.7 Å². The number of hydrogen-bond acceptors (Lipinski definition) is 5. The van der Waals surface area contributed by atoms with E-state index in [1.807, 2.05) is 25.2 Å². The van der Waals surface area contributed by atoms with E-state index in [4.69, 9.17) is 0 Å².